The number of anilines is 1. The molecule has 2 heterocycles. The van der Waals surface area contributed by atoms with Crippen LogP contribution in [0.4, 0.5) is 5.82 Å². The molecular weight excluding hydrogens is 889 g/mol. The van der Waals surface area contributed by atoms with E-state index in [2.05, 4.69) is 34.3 Å². The summed E-state index contributed by atoms with van der Waals surface area (Å²) in [5.74, 6) is -5.57. The van der Waals surface area contributed by atoms with Crippen molar-refractivity contribution in [2.75, 3.05) is 23.4 Å². The van der Waals surface area contributed by atoms with E-state index in [0.717, 1.165) is 4.57 Å². The van der Waals surface area contributed by atoms with E-state index in [0.29, 0.717) is 30.8 Å². The van der Waals surface area contributed by atoms with E-state index in [1.165, 1.54) is 33.9 Å². The van der Waals surface area contributed by atoms with Crippen molar-refractivity contribution in [1.82, 2.24) is 20.4 Å². The molecule has 328 valence electrons. The van der Waals surface area contributed by atoms with Gasteiger partial charge in [0, 0.05) is 37.0 Å². The summed E-state index contributed by atoms with van der Waals surface area (Å²) in [7, 11) is -14.0. The van der Waals surface area contributed by atoms with Crippen molar-refractivity contribution in [2.24, 2.45) is 5.73 Å². The number of nitrogens with zero attached hydrogens (tertiary/aromatic N) is 2. The van der Waals surface area contributed by atoms with E-state index in [4.69, 9.17) is 30.5 Å². The molecule has 1 aromatic rings. The highest BCUT2D eigenvalue weighted by Gasteiger charge is 2.43. The first-order chi connectivity index (χ1) is 26.9. The molecule has 0 radical (unpaired) electrons. The van der Waals surface area contributed by atoms with Gasteiger partial charge < -0.3 is 50.7 Å². The number of hydrogen-bond donors (Lipinski definition) is 11. The van der Waals surface area contributed by atoms with Crippen LogP contribution in [-0.4, -0.2) is 122 Å². The molecule has 7 atom stereocenters. The van der Waals surface area contributed by atoms with Crippen LogP contribution in [0.3, 0.4) is 0 Å². The van der Waals surface area contributed by atoms with Gasteiger partial charge in [0.15, 0.2) is 0 Å². The monoisotopic (exact) mass is 930 g/mol. The first-order valence-electron chi connectivity index (χ1n) is 16.4. The topological polar surface area (TPSA) is 429 Å². The summed E-state index contributed by atoms with van der Waals surface area (Å²) in [5, 5.41) is 30.5. The zero-order chi connectivity index (χ0) is 43.8. The molecule has 0 aliphatic carbocycles. The van der Waals surface area contributed by atoms with Gasteiger partial charge >= 0.3 is 41.1 Å². The number of ether oxygens (including phenoxy) is 1. The van der Waals surface area contributed by atoms with Gasteiger partial charge in [0.05, 0.1) is 31.6 Å². The molecule has 0 aromatic carbocycles. The van der Waals surface area contributed by atoms with Gasteiger partial charge in [0.1, 0.15) is 24.2 Å². The van der Waals surface area contributed by atoms with Gasteiger partial charge in [0.2, 0.25) is 23.4 Å². The van der Waals surface area contributed by atoms with Crippen LogP contribution in [0.15, 0.2) is 17.1 Å². The summed E-state index contributed by atoms with van der Waals surface area (Å²) in [6.07, 6.45) is -2.94. The van der Waals surface area contributed by atoms with E-state index in [1.807, 2.05) is 0 Å². The van der Waals surface area contributed by atoms with Gasteiger partial charge in [-0.15, -0.1) is 0 Å². The fourth-order valence-corrected chi connectivity index (χ4v) is 9.71. The number of Topliss-reactive ketones (excluding diaryl/α,β-unsaturated/α-hetero) is 2. The average Bonchev–Trinajstić information content (AvgIpc) is 3.45. The molecule has 1 aliphatic heterocycles. The Morgan fingerprint density at radius 2 is 1.57 bits per heavy atom. The molecule has 12 N–H and O–H groups in total. The van der Waals surface area contributed by atoms with Crippen molar-refractivity contribution in [2.45, 2.75) is 81.9 Å². The number of phosphoric acid groups is 3. The minimum absolute atomic E-state index is 0.00155. The lowest BCUT2D eigenvalue weighted by Gasteiger charge is -2.19. The molecule has 0 saturated carbocycles. The number of hydrogen-bond acceptors (Lipinski definition) is 20. The number of nitrogens with two attached hydrogens (primary N) is 1. The Morgan fingerprint density at radius 3 is 2.19 bits per heavy atom. The van der Waals surface area contributed by atoms with Crippen LogP contribution in [0.2, 0.25) is 0 Å². The van der Waals surface area contributed by atoms with Crippen molar-refractivity contribution in [3.05, 3.63) is 22.7 Å². The molecule has 32 heteroatoms. The van der Waals surface area contributed by atoms with Crippen molar-refractivity contribution in [3.63, 3.8) is 0 Å². The normalized spacial score (nSPS) is 19.9. The number of aliphatic hydroxyl groups is 1. The first-order valence-corrected chi connectivity index (χ1v) is 23.5. The molecule has 1 aromatic heterocycles. The largest absolute Gasteiger partial charge is 0.490 e. The van der Waals surface area contributed by atoms with E-state index < -0.39 is 114 Å². The summed E-state index contributed by atoms with van der Waals surface area (Å²) in [4.78, 5) is 123. The third-order valence-corrected chi connectivity index (χ3v) is 13.4. The van der Waals surface area contributed by atoms with Crippen LogP contribution >= 0.6 is 45.1 Å². The number of hydrazine groups is 1. The Hall–Kier alpha value is -2.95. The van der Waals surface area contributed by atoms with E-state index >= 15 is 0 Å². The van der Waals surface area contributed by atoms with E-state index in [1.54, 1.807) is 0 Å². The minimum Gasteiger partial charge on any atom is -0.481 e. The maximum absolute atomic E-state index is 12.6. The molecule has 2 amide bonds. The third-order valence-electron chi connectivity index (χ3n) is 7.11. The molecule has 1 fully saturated rings. The van der Waals surface area contributed by atoms with Gasteiger partial charge in [0.25, 0.3) is 0 Å². The Morgan fingerprint density at radius 1 is 0.914 bits per heavy atom. The maximum Gasteiger partial charge on any atom is 0.490 e. The molecule has 2 rings (SSSR count). The number of nitrogens with one attached hydrogen (secondary N) is 3. The van der Waals surface area contributed by atoms with Gasteiger partial charge in [-0.3, -0.25) is 43.3 Å². The van der Waals surface area contributed by atoms with Gasteiger partial charge in [-0.1, -0.05) is 28.0 Å². The lowest BCUT2D eigenvalue weighted by molar-refractivity contribution is -0.145. The van der Waals surface area contributed by atoms with Crippen molar-refractivity contribution >= 4 is 86.2 Å². The number of carbonyl (C=O) groups is 6. The van der Waals surface area contributed by atoms with Crippen LogP contribution in [0.25, 0.3) is 0 Å². The molecular formula is C26H41N6O21P3S2. The summed E-state index contributed by atoms with van der Waals surface area (Å²) < 4.78 is 52.2. The maximum atomic E-state index is 12.6. The van der Waals surface area contributed by atoms with Crippen LogP contribution in [0.5, 0.6) is 0 Å². The number of carbonyl (C=O) groups excluding carboxylic acids is 4. The van der Waals surface area contributed by atoms with E-state index in [9.17, 15) is 62.2 Å². The lowest BCUT2D eigenvalue weighted by Crippen LogP contribution is -2.53. The minimum atomic E-state index is -5.76. The summed E-state index contributed by atoms with van der Waals surface area (Å²) in [6, 6.07) is -2.07. The Kier molecular flexibility index (Phi) is 21.0. The number of aliphatic hydroxyl groups excluding tert-OH is 1. The highest BCUT2D eigenvalue weighted by atomic mass is 33.1. The Bertz CT molecular complexity index is 1850. The number of aliphatic carboxylic acids is 2. The molecule has 5 unspecified atom stereocenters. The molecule has 1 saturated heterocycles. The van der Waals surface area contributed by atoms with Crippen molar-refractivity contribution < 1.29 is 95.2 Å². The number of ketones is 2. The zero-order valence-electron chi connectivity index (χ0n) is 29.8. The van der Waals surface area contributed by atoms with Crippen LogP contribution in [0, 0.1) is 0 Å². The quantitative estimate of drug-likeness (QED) is 0.0156. The van der Waals surface area contributed by atoms with Gasteiger partial charge in [-0.2, -0.15) is 13.6 Å². The summed E-state index contributed by atoms with van der Waals surface area (Å²) in [6.45, 7) is -0.946. The standard InChI is InChI=1S/C26H41N6O21P3S2/c27-14(10-22(36)37)24(40)25(41)15(11-23(38)39)30-31-20(35)4-2-1-3-8-57-58-9-6-19(34)28-18-5-7-32(26(42)29-18)21-12-16(33)17(51-21)13-50-55(46,47)53-56(48,49)52-54(43,44)45/h5,7,14-17,21,30,33H,1-4,6,8-13,27H2,(H,31,35)(H,36,37)(H,38,39)(H,46,47)(H,48,49)(H2,43,44,45)(H,28,29,34,42)/t14-,15-,16?,17?,21?/m0/s1. The highest BCUT2D eigenvalue weighted by Crippen LogP contribution is 2.66. The lowest BCUT2D eigenvalue weighted by atomic mass is 9.99. The van der Waals surface area contributed by atoms with Crippen molar-refractivity contribution in [1.29, 1.82) is 0 Å². The molecule has 0 spiro atoms. The SMILES string of the molecule is N[C@@H](CC(=O)O)C(=O)C(=O)[C@H](CC(=O)O)NNC(=O)CCCCCSSCCC(=O)Nc1ccn(C2CC(O)C(COP(=O)(O)OP(=O)(O)OP(=O)(O)O)O2)c(=O)n1. The molecule has 0 bridgehead atoms. The van der Waals surface area contributed by atoms with Crippen LogP contribution in [-0.2, 0) is 60.3 Å². The number of unbranched alkanes of at least 4 members (excludes halogenated alkanes) is 2. The number of carboxylic acids is 2. The first kappa shape index (κ1) is 51.2. The van der Waals surface area contributed by atoms with Gasteiger partial charge in [-0.25, -0.2) is 23.9 Å². The zero-order valence-corrected chi connectivity index (χ0v) is 34.1. The number of carboxylic acid groups (broad SMARTS) is 2. The molecule has 1 aliphatic rings. The van der Waals surface area contributed by atoms with E-state index in [-0.39, 0.29) is 25.1 Å². The summed E-state index contributed by atoms with van der Waals surface area (Å²) >= 11 is 0. The number of rotatable bonds is 28. The predicted octanol–water partition coefficient (Wildman–Crippen LogP) is -1.09. The van der Waals surface area contributed by atoms with Crippen LogP contribution in [0.1, 0.15) is 57.6 Å². The Labute approximate surface area is 335 Å². The second kappa shape index (κ2) is 23.7. The van der Waals surface area contributed by atoms with Crippen molar-refractivity contribution in [3.8, 4) is 0 Å². The summed E-state index contributed by atoms with van der Waals surface area (Å²) in [5.41, 5.74) is 8.84. The average molecular weight is 931 g/mol. The number of amides is 2. The van der Waals surface area contributed by atoms with Crippen LogP contribution < -0.4 is 27.6 Å². The van der Waals surface area contributed by atoms with Gasteiger partial charge in [-0.05, 0) is 18.9 Å². The third kappa shape index (κ3) is 19.9. The molecule has 27 nitrogen and oxygen atoms in total. The second-order valence-electron chi connectivity index (χ2n) is 11.9. The number of aromatic nitrogens is 2. The second-order valence-corrected chi connectivity index (χ2v) is 19.0. The predicted molar refractivity (Wildman–Crippen MR) is 197 cm³/mol. The number of phosphoric ester groups is 1. The fraction of sp³-hybridized carbons (Fsp3) is 0.615. The smallest absolute Gasteiger partial charge is 0.481 e. The fourth-order valence-electron chi connectivity index (χ4n) is 4.54. The highest BCUT2D eigenvalue weighted by molar-refractivity contribution is 8.76. The molecule has 58 heavy (non-hydrogen) atoms. The Balaban J connectivity index is 1.66.